The number of nitrogens with zero attached hydrogens (tertiary/aromatic N) is 3. The van der Waals surface area contributed by atoms with Gasteiger partial charge >= 0.3 is 0 Å². The van der Waals surface area contributed by atoms with Crippen molar-refractivity contribution in [1.82, 2.24) is 5.32 Å². The van der Waals surface area contributed by atoms with Crippen molar-refractivity contribution in [2.75, 3.05) is 19.2 Å². The number of aliphatic imine (C=N–C) groups is 1. The van der Waals surface area contributed by atoms with Crippen molar-refractivity contribution < 1.29 is 19.0 Å². The lowest BCUT2D eigenvalue weighted by molar-refractivity contribution is -0.117. The second-order valence-corrected chi connectivity index (χ2v) is 6.31. The summed E-state index contributed by atoms with van der Waals surface area (Å²) in [6.45, 7) is 0.816. The van der Waals surface area contributed by atoms with Crippen LogP contribution in [-0.2, 0) is 4.79 Å². The van der Waals surface area contributed by atoms with Crippen molar-refractivity contribution in [1.29, 1.82) is 0 Å². The summed E-state index contributed by atoms with van der Waals surface area (Å²) in [5, 5.41) is 10.3. The molecule has 0 bridgehead atoms. The Labute approximate surface area is 142 Å². The number of fused-ring (bicyclic) bond motifs is 2. The molecular formula is C15H14N4O4S. The summed E-state index contributed by atoms with van der Waals surface area (Å²) in [7, 11) is 0. The number of hydrogen-bond acceptors (Lipinski definition) is 8. The quantitative estimate of drug-likeness (QED) is 0.796. The van der Waals surface area contributed by atoms with Gasteiger partial charge in [-0.05, 0) is 18.6 Å². The summed E-state index contributed by atoms with van der Waals surface area (Å²) in [5.41, 5.74) is 0.102. The first-order valence-electron chi connectivity index (χ1n) is 7.44. The number of ether oxygens (including phenoxy) is 3. The first-order valence-corrected chi connectivity index (χ1v) is 8.48. The summed E-state index contributed by atoms with van der Waals surface area (Å²) in [5.74, 6) is 3.21. The SMILES string of the molecule is O=C1NC(SCCCOc2ccc3c(c2)OCO3)N=C2N=NC=C12. The van der Waals surface area contributed by atoms with Crippen LogP contribution in [0.5, 0.6) is 17.2 Å². The van der Waals surface area contributed by atoms with Crippen molar-refractivity contribution in [2.45, 2.75) is 11.9 Å². The molecule has 3 aliphatic rings. The van der Waals surface area contributed by atoms with Gasteiger partial charge in [0.2, 0.25) is 6.79 Å². The van der Waals surface area contributed by atoms with Gasteiger partial charge in [0.25, 0.3) is 5.91 Å². The Morgan fingerprint density at radius 2 is 2.25 bits per heavy atom. The molecule has 0 spiro atoms. The molecule has 3 heterocycles. The molecule has 1 aromatic rings. The summed E-state index contributed by atoms with van der Waals surface area (Å²) in [4.78, 5) is 16.1. The van der Waals surface area contributed by atoms with Crippen LogP contribution in [0.1, 0.15) is 6.42 Å². The highest BCUT2D eigenvalue weighted by molar-refractivity contribution is 7.99. The highest BCUT2D eigenvalue weighted by atomic mass is 32.2. The van der Waals surface area contributed by atoms with Crippen molar-refractivity contribution in [3.8, 4) is 17.2 Å². The monoisotopic (exact) mass is 346 g/mol. The zero-order chi connectivity index (χ0) is 16.4. The van der Waals surface area contributed by atoms with Crippen molar-refractivity contribution in [2.24, 2.45) is 15.2 Å². The largest absolute Gasteiger partial charge is 0.493 e. The Morgan fingerprint density at radius 1 is 1.33 bits per heavy atom. The van der Waals surface area contributed by atoms with Gasteiger partial charge in [-0.25, -0.2) is 4.99 Å². The fourth-order valence-corrected chi connectivity index (χ4v) is 3.20. The van der Waals surface area contributed by atoms with Crippen LogP contribution >= 0.6 is 11.8 Å². The number of hydrogen-bond donors (Lipinski definition) is 1. The number of azo groups is 1. The molecule has 9 heteroatoms. The molecule has 1 aromatic carbocycles. The van der Waals surface area contributed by atoms with Gasteiger partial charge in [-0.3, -0.25) is 4.79 Å². The molecule has 0 saturated carbocycles. The number of carbonyl (C=O) groups excluding carboxylic acids is 1. The van der Waals surface area contributed by atoms with E-state index in [0.717, 1.165) is 23.7 Å². The van der Waals surface area contributed by atoms with E-state index < -0.39 is 0 Å². The molecule has 8 nitrogen and oxygen atoms in total. The summed E-state index contributed by atoms with van der Waals surface area (Å²) < 4.78 is 16.3. The smallest absolute Gasteiger partial charge is 0.259 e. The molecule has 1 atom stereocenters. The maximum atomic E-state index is 11.8. The zero-order valence-corrected chi connectivity index (χ0v) is 13.4. The summed E-state index contributed by atoms with van der Waals surface area (Å²) >= 11 is 1.53. The normalized spacial score (nSPS) is 20.3. The molecule has 1 amide bonds. The van der Waals surface area contributed by atoms with Gasteiger partial charge in [0, 0.05) is 11.8 Å². The highest BCUT2D eigenvalue weighted by Crippen LogP contribution is 2.35. The molecular weight excluding hydrogens is 332 g/mol. The van der Waals surface area contributed by atoms with E-state index >= 15 is 0 Å². The predicted molar refractivity (Wildman–Crippen MR) is 87.4 cm³/mol. The lowest BCUT2D eigenvalue weighted by Gasteiger charge is -2.19. The Morgan fingerprint density at radius 3 is 3.21 bits per heavy atom. The second-order valence-electron chi connectivity index (χ2n) is 5.12. The van der Waals surface area contributed by atoms with E-state index in [9.17, 15) is 4.79 Å². The van der Waals surface area contributed by atoms with Crippen LogP contribution in [0.25, 0.3) is 0 Å². The molecule has 4 rings (SSSR count). The first kappa shape index (κ1) is 15.0. The maximum Gasteiger partial charge on any atom is 0.259 e. The van der Waals surface area contributed by atoms with E-state index in [1.54, 1.807) is 0 Å². The number of thioether (sulfide) groups is 1. The van der Waals surface area contributed by atoms with Gasteiger partial charge < -0.3 is 19.5 Å². The maximum absolute atomic E-state index is 11.8. The van der Waals surface area contributed by atoms with E-state index in [2.05, 4.69) is 20.5 Å². The van der Waals surface area contributed by atoms with Crippen LogP contribution < -0.4 is 19.5 Å². The van der Waals surface area contributed by atoms with Crippen LogP contribution in [-0.4, -0.2) is 36.4 Å². The minimum atomic E-state index is -0.327. The fraction of sp³-hybridized carbons (Fsp3) is 0.333. The first-order chi connectivity index (χ1) is 11.8. The average Bonchev–Trinajstić information content (AvgIpc) is 3.23. The van der Waals surface area contributed by atoms with Crippen LogP contribution in [0.4, 0.5) is 0 Å². The van der Waals surface area contributed by atoms with E-state index in [1.807, 2.05) is 18.2 Å². The number of amides is 1. The van der Waals surface area contributed by atoms with Gasteiger partial charge in [-0.1, -0.05) is 0 Å². The number of benzene rings is 1. The molecule has 0 saturated heterocycles. The third-order valence-electron chi connectivity index (χ3n) is 3.50. The minimum absolute atomic E-state index is 0.181. The number of amidine groups is 1. The lowest BCUT2D eigenvalue weighted by Crippen LogP contribution is -2.38. The third-order valence-corrected chi connectivity index (χ3v) is 4.56. The molecule has 0 radical (unpaired) electrons. The van der Waals surface area contributed by atoms with Crippen LogP contribution in [0.15, 0.2) is 45.2 Å². The van der Waals surface area contributed by atoms with Gasteiger partial charge in [0.05, 0.1) is 12.8 Å². The van der Waals surface area contributed by atoms with Gasteiger partial charge in [0.15, 0.2) is 22.8 Å². The molecule has 1 unspecified atom stereocenters. The number of rotatable bonds is 6. The van der Waals surface area contributed by atoms with E-state index in [-0.39, 0.29) is 18.2 Å². The lowest BCUT2D eigenvalue weighted by atomic mass is 10.2. The summed E-state index contributed by atoms with van der Waals surface area (Å²) in [6.07, 6.45) is 2.24. The standard InChI is InChI=1S/C15H14N4O4S/c20-14-10-7-16-19-13(10)17-15(18-14)24-5-1-4-21-9-2-3-11-12(6-9)23-8-22-11/h2-3,6-7,15H,1,4-5,8H2,(H,18,20). The average molecular weight is 346 g/mol. The van der Waals surface area contributed by atoms with E-state index in [1.165, 1.54) is 18.0 Å². The van der Waals surface area contributed by atoms with Crippen molar-refractivity contribution in [3.63, 3.8) is 0 Å². The van der Waals surface area contributed by atoms with Crippen LogP contribution in [0.2, 0.25) is 0 Å². The van der Waals surface area contributed by atoms with Crippen molar-refractivity contribution >= 4 is 23.5 Å². The number of carbonyl (C=O) groups is 1. The molecule has 0 fully saturated rings. The molecule has 24 heavy (non-hydrogen) atoms. The molecule has 0 aromatic heterocycles. The Balaban J connectivity index is 1.21. The van der Waals surface area contributed by atoms with E-state index in [0.29, 0.717) is 23.8 Å². The molecule has 1 N–H and O–H groups in total. The molecule has 0 aliphatic carbocycles. The van der Waals surface area contributed by atoms with Crippen molar-refractivity contribution in [3.05, 3.63) is 30.0 Å². The third kappa shape index (κ3) is 3.07. The highest BCUT2D eigenvalue weighted by Gasteiger charge is 2.28. The van der Waals surface area contributed by atoms with Gasteiger partial charge in [-0.2, -0.15) is 5.11 Å². The topological polar surface area (TPSA) is 93.9 Å². The summed E-state index contributed by atoms with van der Waals surface area (Å²) in [6, 6.07) is 5.51. The Hall–Kier alpha value is -2.55. The van der Waals surface area contributed by atoms with Crippen LogP contribution in [0, 0.1) is 0 Å². The number of nitrogens with one attached hydrogen (secondary N) is 1. The van der Waals surface area contributed by atoms with E-state index in [4.69, 9.17) is 14.2 Å². The fourth-order valence-electron chi connectivity index (χ4n) is 2.33. The van der Waals surface area contributed by atoms with Crippen LogP contribution in [0.3, 0.4) is 0 Å². The zero-order valence-electron chi connectivity index (χ0n) is 12.6. The molecule has 3 aliphatic heterocycles. The Kier molecular flexibility index (Phi) is 4.08. The minimum Gasteiger partial charge on any atom is -0.493 e. The predicted octanol–water partition coefficient (Wildman–Crippen LogP) is 2.08. The van der Waals surface area contributed by atoms with Gasteiger partial charge in [-0.15, -0.1) is 16.9 Å². The van der Waals surface area contributed by atoms with Gasteiger partial charge in [0.1, 0.15) is 11.3 Å². The Bertz CT molecular complexity index is 762. The second kappa shape index (κ2) is 6.52. The molecule has 124 valence electrons.